The molecule has 96 valence electrons. The highest BCUT2D eigenvalue weighted by Crippen LogP contribution is 2.24. The predicted molar refractivity (Wildman–Crippen MR) is 74.4 cm³/mol. The topological polar surface area (TPSA) is 50.4 Å². The molecule has 0 amide bonds. The van der Waals surface area contributed by atoms with E-state index in [0.29, 0.717) is 22.5 Å². The molecule has 1 heterocycles. The SMILES string of the molecule is CCSc1cc(=O)c2cc(C)cc(CCO)c2o1. The van der Waals surface area contributed by atoms with Crippen LogP contribution in [0.3, 0.4) is 0 Å². The molecule has 0 saturated heterocycles. The van der Waals surface area contributed by atoms with Crippen LogP contribution in [0.5, 0.6) is 0 Å². The summed E-state index contributed by atoms with van der Waals surface area (Å²) in [7, 11) is 0. The third-order valence-electron chi connectivity index (χ3n) is 2.69. The van der Waals surface area contributed by atoms with Crippen molar-refractivity contribution in [2.45, 2.75) is 25.4 Å². The quantitative estimate of drug-likeness (QED) is 0.863. The third-order valence-corrected chi connectivity index (χ3v) is 3.47. The van der Waals surface area contributed by atoms with Crippen LogP contribution in [0.2, 0.25) is 0 Å². The minimum atomic E-state index is -0.0184. The molecule has 0 aliphatic heterocycles. The molecule has 0 fully saturated rings. The van der Waals surface area contributed by atoms with E-state index in [4.69, 9.17) is 9.52 Å². The molecule has 0 unspecified atom stereocenters. The van der Waals surface area contributed by atoms with E-state index >= 15 is 0 Å². The number of rotatable bonds is 4. The molecule has 1 N–H and O–H groups in total. The molecule has 3 nitrogen and oxygen atoms in total. The van der Waals surface area contributed by atoms with Crippen LogP contribution in [0, 0.1) is 6.92 Å². The van der Waals surface area contributed by atoms with E-state index < -0.39 is 0 Å². The first-order valence-electron chi connectivity index (χ1n) is 5.96. The molecular formula is C14H16O3S. The summed E-state index contributed by atoms with van der Waals surface area (Å²) in [5.41, 5.74) is 2.49. The first kappa shape index (κ1) is 13.2. The molecule has 1 aromatic carbocycles. The number of fused-ring (bicyclic) bond motifs is 1. The van der Waals surface area contributed by atoms with Gasteiger partial charge < -0.3 is 9.52 Å². The molecule has 2 aromatic rings. The van der Waals surface area contributed by atoms with E-state index in [-0.39, 0.29) is 12.0 Å². The number of hydrogen-bond acceptors (Lipinski definition) is 4. The van der Waals surface area contributed by atoms with Crippen LogP contribution in [0.25, 0.3) is 11.0 Å². The lowest BCUT2D eigenvalue weighted by atomic mass is 10.0. The van der Waals surface area contributed by atoms with Crippen molar-refractivity contribution in [2.24, 2.45) is 0 Å². The van der Waals surface area contributed by atoms with Crippen LogP contribution in [-0.4, -0.2) is 17.5 Å². The first-order valence-corrected chi connectivity index (χ1v) is 6.95. The zero-order valence-electron chi connectivity index (χ0n) is 10.5. The van der Waals surface area contributed by atoms with Gasteiger partial charge in [-0.15, -0.1) is 0 Å². The zero-order valence-corrected chi connectivity index (χ0v) is 11.3. The number of hydrogen-bond donors (Lipinski definition) is 1. The Bertz CT molecular complexity index is 616. The van der Waals surface area contributed by atoms with Crippen molar-refractivity contribution in [2.75, 3.05) is 12.4 Å². The Balaban J connectivity index is 2.71. The highest BCUT2D eigenvalue weighted by molar-refractivity contribution is 7.99. The van der Waals surface area contributed by atoms with E-state index in [1.165, 1.54) is 11.8 Å². The molecule has 0 aliphatic rings. The summed E-state index contributed by atoms with van der Waals surface area (Å²) in [5.74, 6) is 0.857. The molecule has 0 atom stereocenters. The molecule has 2 rings (SSSR count). The molecule has 1 aromatic heterocycles. The molecule has 0 spiro atoms. The number of thioether (sulfide) groups is 1. The van der Waals surface area contributed by atoms with Crippen LogP contribution >= 0.6 is 11.8 Å². The second kappa shape index (κ2) is 5.59. The average molecular weight is 264 g/mol. The second-order valence-corrected chi connectivity index (χ2v) is 5.41. The largest absolute Gasteiger partial charge is 0.449 e. The van der Waals surface area contributed by atoms with Crippen molar-refractivity contribution >= 4 is 22.7 Å². The number of aryl methyl sites for hydroxylation is 1. The van der Waals surface area contributed by atoms with Crippen molar-refractivity contribution in [3.8, 4) is 0 Å². The molecule has 18 heavy (non-hydrogen) atoms. The smallest absolute Gasteiger partial charge is 0.193 e. The molecule has 0 aliphatic carbocycles. The summed E-state index contributed by atoms with van der Waals surface area (Å²) in [4.78, 5) is 12.0. The molecular weight excluding hydrogens is 248 g/mol. The van der Waals surface area contributed by atoms with E-state index in [1.807, 2.05) is 26.0 Å². The van der Waals surface area contributed by atoms with E-state index in [0.717, 1.165) is 16.9 Å². The average Bonchev–Trinajstić information content (AvgIpc) is 2.31. The standard InChI is InChI=1S/C14H16O3S/c1-3-18-13-8-12(16)11-7-9(2)6-10(4-5-15)14(11)17-13/h6-8,15H,3-5H2,1-2H3. The summed E-state index contributed by atoms with van der Waals surface area (Å²) in [6.45, 7) is 4.00. The number of aliphatic hydroxyl groups is 1. The zero-order chi connectivity index (χ0) is 13.1. The van der Waals surface area contributed by atoms with Crippen molar-refractivity contribution < 1.29 is 9.52 Å². The fourth-order valence-corrected chi connectivity index (χ4v) is 2.60. The highest BCUT2D eigenvalue weighted by atomic mass is 32.2. The fourth-order valence-electron chi connectivity index (χ4n) is 1.99. The van der Waals surface area contributed by atoms with Crippen LogP contribution in [0.4, 0.5) is 0 Å². The van der Waals surface area contributed by atoms with Crippen molar-refractivity contribution in [1.82, 2.24) is 0 Å². The van der Waals surface area contributed by atoms with Crippen LogP contribution < -0.4 is 5.43 Å². The second-order valence-electron chi connectivity index (χ2n) is 4.14. The van der Waals surface area contributed by atoms with Gasteiger partial charge in [-0.25, -0.2) is 0 Å². The fraction of sp³-hybridized carbons (Fsp3) is 0.357. The maximum Gasteiger partial charge on any atom is 0.193 e. The van der Waals surface area contributed by atoms with Gasteiger partial charge in [-0.1, -0.05) is 24.8 Å². The van der Waals surface area contributed by atoms with E-state index in [9.17, 15) is 4.79 Å². The third kappa shape index (κ3) is 2.60. The van der Waals surface area contributed by atoms with Gasteiger partial charge in [0.05, 0.1) is 5.39 Å². The first-order chi connectivity index (χ1) is 8.65. The Morgan fingerprint density at radius 3 is 2.78 bits per heavy atom. The molecule has 0 saturated carbocycles. The highest BCUT2D eigenvalue weighted by Gasteiger charge is 2.10. The van der Waals surface area contributed by atoms with Crippen LogP contribution in [0.1, 0.15) is 18.1 Å². The monoisotopic (exact) mass is 264 g/mol. The van der Waals surface area contributed by atoms with E-state index in [2.05, 4.69) is 0 Å². The lowest BCUT2D eigenvalue weighted by molar-refractivity contribution is 0.299. The van der Waals surface area contributed by atoms with E-state index in [1.54, 1.807) is 6.07 Å². The summed E-state index contributed by atoms with van der Waals surface area (Å²) in [5, 5.41) is 10.3. The Labute approximate surface area is 110 Å². The molecule has 0 bridgehead atoms. The number of benzene rings is 1. The van der Waals surface area contributed by atoms with Crippen molar-refractivity contribution in [3.05, 3.63) is 39.5 Å². The van der Waals surface area contributed by atoms with Crippen LogP contribution in [0.15, 0.2) is 32.5 Å². The Morgan fingerprint density at radius 1 is 1.33 bits per heavy atom. The maximum atomic E-state index is 12.0. The Morgan fingerprint density at radius 2 is 2.11 bits per heavy atom. The van der Waals surface area contributed by atoms with Gasteiger partial charge in [-0.3, -0.25) is 4.79 Å². The normalized spacial score (nSPS) is 11.1. The van der Waals surface area contributed by atoms with Crippen molar-refractivity contribution in [3.63, 3.8) is 0 Å². The summed E-state index contributed by atoms with van der Waals surface area (Å²) in [6.07, 6.45) is 0.501. The van der Waals surface area contributed by atoms with Gasteiger partial charge in [-0.2, -0.15) is 0 Å². The summed E-state index contributed by atoms with van der Waals surface area (Å²) >= 11 is 1.51. The molecule has 0 radical (unpaired) electrons. The van der Waals surface area contributed by atoms with Gasteiger partial charge >= 0.3 is 0 Å². The lowest BCUT2D eigenvalue weighted by Crippen LogP contribution is -2.03. The summed E-state index contributed by atoms with van der Waals surface area (Å²) < 4.78 is 5.77. The van der Waals surface area contributed by atoms with Gasteiger partial charge in [0.1, 0.15) is 5.58 Å². The minimum absolute atomic E-state index is 0.0184. The Kier molecular flexibility index (Phi) is 4.09. The predicted octanol–water partition coefficient (Wildman–Crippen LogP) is 2.75. The van der Waals surface area contributed by atoms with Crippen molar-refractivity contribution in [1.29, 1.82) is 0 Å². The molecule has 4 heteroatoms. The maximum absolute atomic E-state index is 12.0. The Hall–Kier alpha value is -1.26. The van der Waals surface area contributed by atoms with Gasteiger partial charge in [0.25, 0.3) is 0 Å². The summed E-state index contributed by atoms with van der Waals surface area (Å²) in [6, 6.07) is 5.34. The van der Waals surface area contributed by atoms with Gasteiger partial charge in [0.2, 0.25) is 0 Å². The van der Waals surface area contributed by atoms with Gasteiger partial charge in [0, 0.05) is 12.7 Å². The van der Waals surface area contributed by atoms with Gasteiger partial charge in [0.15, 0.2) is 10.5 Å². The minimum Gasteiger partial charge on any atom is -0.449 e. The lowest BCUT2D eigenvalue weighted by Gasteiger charge is -2.07. The number of aliphatic hydroxyl groups excluding tert-OH is 1. The van der Waals surface area contributed by atoms with Gasteiger partial charge in [-0.05, 0) is 36.3 Å². The van der Waals surface area contributed by atoms with Crippen LogP contribution in [-0.2, 0) is 6.42 Å².